The van der Waals surface area contributed by atoms with Crippen LogP contribution in [0.1, 0.15) is 19.8 Å². The van der Waals surface area contributed by atoms with Gasteiger partial charge in [0.2, 0.25) is 12.2 Å². The van der Waals surface area contributed by atoms with Gasteiger partial charge in [0.05, 0.1) is 23.7 Å². The van der Waals surface area contributed by atoms with Crippen molar-refractivity contribution in [2.45, 2.75) is 32.2 Å². The van der Waals surface area contributed by atoms with Crippen molar-refractivity contribution in [3.8, 4) is 5.88 Å². The van der Waals surface area contributed by atoms with Crippen LogP contribution in [0, 0.1) is 0 Å². The molecular weight excluding hydrogens is 210 g/mol. The number of aliphatic hydroxyl groups excluding tert-OH is 2. The molecule has 0 fully saturated rings. The summed E-state index contributed by atoms with van der Waals surface area (Å²) in [7, 11) is 0. The molecule has 1 rings (SSSR count). The van der Waals surface area contributed by atoms with Crippen molar-refractivity contribution in [3.05, 3.63) is 12.3 Å². The molecule has 0 saturated heterocycles. The van der Waals surface area contributed by atoms with Gasteiger partial charge in [0.25, 0.3) is 0 Å². The lowest BCUT2D eigenvalue weighted by Gasteiger charge is -2.16. The average molecular weight is 227 g/mol. The van der Waals surface area contributed by atoms with Crippen molar-refractivity contribution in [2.75, 3.05) is 11.5 Å². The first-order chi connectivity index (χ1) is 7.52. The average Bonchev–Trinajstić information content (AvgIpc) is 2.22. The summed E-state index contributed by atoms with van der Waals surface area (Å²) in [6, 6.07) is 1.49. The number of hydrogen-bond acceptors (Lipinski definition) is 6. The maximum absolute atomic E-state index is 9.49. The Labute approximate surface area is 93.9 Å². The first-order valence-corrected chi connectivity index (χ1v) is 5.06. The fraction of sp³-hybridized carbons (Fsp3) is 0.500. The Hall–Kier alpha value is -1.53. The number of nitrogens with two attached hydrogens (primary N) is 2. The maximum Gasteiger partial charge on any atom is 0.239 e. The van der Waals surface area contributed by atoms with Crippen molar-refractivity contribution in [1.29, 1.82) is 0 Å². The Kier molecular flexibility index (Phi) is 4.33. The van der Waals surface area contributed by atoms with Gasteiger partial charge in [-0.15, -0.1) is 0 Å². The summed E-state index contributed by atoms with van der Waals surface area (Å²) in [5.74, 6) is 0.116. The molecule has 0 aliphatic carbocycles. The number of aliphatic hydroxyl groups is 2. The summed E-state index contributed by atoms with van der Waals surface area (Å²) in [4.78, 5) is 3.84. The van der Waals surface area contributed by atoms with Crippen molar-refractivity contribution in [2.24, 2.45) is 0 Å². The molecule has 0 amide bonds. The van der Waals surface area contributed by atoms with Crippen LogP contribution >= 0.6 is 0 Å². The van der Waals surface area contributed by atoms with Gasteiger partial charge in [0.1, 0.15) is 0 Å². The molecular formula is C10H17N3O3. The summed E-state index contributed by atoms with van der Waals surface area (Å²) in [6.07, 6.45) is 0.306. The zero-order chi connectivity index (χ0) is 12.1. The number of anilines is 2. The zero-order valence-corrected chi connectivity index (χ0v) is 9.13. The highest BCUT2D eigenvalue weighted by Gasteiger charge is 2.13. The van der Waals surface area contributed by atoms with E-state index in [4.69, 9.17) is 16.2 Å². The predicted octanol–water partition coefficient (Wildman–Crippen LogP) is 0.104. The van der Waals surface area contributed by atoms with Crippen LogP contribution in [0.3, 0.4) is 0 Å². The molecule has 0 aliphatic heterocycles. The molecule has 1 aromatic rings. The van der Waals surface area contributed by atoms with Crippen LogP contribution in [-0.4, -0.2) is 27.6 Å². The third-order valence-electron chi connectivity index (χ3n) is 2.09. The lowest BCUT2D eigenvalue weighted by molar-refractivity contribution is -0.0527. The number of rotatable bonds is 5. The van der Waals surface area contributed by atoms with Gasteiger partial charge in [-0.1, -0.05) is 6.92 Å². The minimum Gasteiger partial charge on any atom is -0.446 e. The Bertz CT molecular complexity index is 346. The van der Waals surface area contributed by atoms with Crippen molar-refractivity contribution in [3.63, 3.8) is 0 Å². The summed E-state index contributed by atoms with van der Waals surface area (Å²) in [5, 5.41) is 18.8. The standard InChI is InChI=1S/C10H17N3O3/c1-2-7(14)4-9(15)16-10-8(12)3-6(11)5-13-10/h3,5,7,9,14-15H,2,4,11-12H2,1H3. The van der Waals surface area contributed by atoms with E-state index >= 15 is 0 Å². The molecule has 90 valence electrons. The monoisotopic (exact) mass is 227 g/mol. The molecule has 2 unspecified atom stereocenters. The highest BCUT2D eigenvalue weighted by molar-refractivity contribution is 5.56. The van der Waals surface area contributed by atoms with Crippen LogP contribution in [0.5, 0.6) is 5.88 Å². The number of hydrogen-bond donors (Lipinski definition) is 4. The van der Waals surface area contributed by atoms with Gasteiger partial charge < -0.3 is 26.4 Å². The molecule has 0 spiro atoms. The molecule has 6 heteroatoms. The SMILES string of the molecule is CCC(O)CC(O)Oc1ncc(N)cc1N. The lowest BCUT2D eigenvalue weighted by atomic mass is 10.2. The van der Waals surface area contributed by atoms with Crippen molar-refractivity contribution in [1.82, 2.24) is 4.98 Å². The van der Waals surface area contributed by atoms with E-state index in [0.29, 0.717) is 12.1 Å². The quantitative estimate of drug-likeness (QED) is 0.530. The van der Waals surface area contributed by atoms with Crippen molar-refractivity contribution >= 4 is 11.4 Å². The summed E-state index contributed by atoms with van der Waals surface area (Å²) >= 11 is 0. The minimum atomic E-state index is -1.13. The molecule has 1 heterocycles. The topological polar surface area (TPSA) is 115 Å². The van der Waals surface area contributed by atoms with E-state index in [9.17, 15) is 10.2 Å². The summed E-state index contributed by atoms with van der Waals surface area (Å²) < 4.78 is 5.08. The van der Waals surface area contributed by atoms with E-state index in [-0.39, 0.29) is 18.0 Å². The van der Waals surface area contributed by atoms with E-state index in [0.717, 1.165) is 0 Å². The molecule has 6 nitrogen and oxygen atoms in total. The second-order valence-electron chi connectivity index (χ2n) is 3.53. The number of nitrogen functional groups attached to an aromatic ring is 2. The summed E-state index contributed by atoms with van der Waals surface area (Å²) in [5.41, 5.74) is 11.7. The van der Waals surface area contributed by atoms with Crippen molar-refractivity contribution < 1.29 is 14.9 Å². The van der Waals surface area contributed by atoms with Crippen LogP contribution in [0.25, 0.3) is 0 Å². The van der Waals surface area contributed by atoms with E-state index in [2.05, 4.69) is 4.98 Å². The van der Waals surface area contributed by atoms with Gasteiger partial charge in [-0.05, 0) is 12.5 Å². The molecule has 0 aromatic carbocycles. The van der Waals surface area contributed by atoms with Gasteiger partial charge >= 0.3 is 0 Å². The minimum absolute atomic E-state index is 0.113. The smallest absolute Gasteiger partial charge is 0.239 e. The largest absolute Gasteiger partial charge is 0.446 e. The van der Waals surface area contributed by atoms with E-state index < -0.39 is 12.4 Å². The number of nitrogens with zero attached hydrogens (tertiary/aromatic N) is 1. The van der Waals surface area contributed by atoms with Crippen LogP contribution in [0.4, 0.5) is 11.4 Å². The molecule has 16 heavy (non-hydrogen) atoms. The third-order valence-corrected chi connectivity index (χ3v) is 2.09. The Morgan fingerprint density at radius 1 is 1.44 bits per heavy atom. The molecule has 2 atom stereocenters. The van der Waals surface area contributed by atoms with Gasteiger partial charge in [-0.2, -0.15) is 0 Å². The van der Waals surface area contributed by atoms with Crippen LogP contribution in [0.15, 0.2) is 12.3 Å². The maximum atomic E-state index is 9.49. The fourth-order valence-electron chi connectivity index (χ4n) is 1.16. The molecule has 0 bridgehead atoms. The Morgan fingerprint density at radius 2 is 2.12 bits per heavy atom. The van der Waals surface area contributed by atoms with Gasteiger partial charge in [-0.25, -0.2) is 4.98 Å². The second kappa shape index (κ2) is 5.53. The third kappa shape index (κ3) is 3.56. The molecule has 0 saturated carbocycles. The van der Waals surface area contributed by atoms with Gasteiger partial charge in [0.15, 0.2) is 0 Å². The second-order valence-corrected chi connectivity index (χ2v) is 3.53. The predicted molar refractivity (Wildman–Crippen MR) is 60.6 cm³/mol. The molecule has 0 aliphatic rings. The summed E-state index contributed by atoms with van der Waals surface area (Å²) in [6.45, 7) is 1.81. The molecule has 6 N–H and O–H groups in total. The van der Waals surface area contributed by atoms with Crippen LogP contribution < -0.4 is 16.2 Å². The Morgan fingerprint density at radius 3 is 2.69 bits per heavy atom. The normalized spacial score (nSPS) is 14.4. The number of pyridine rings is 1. The van der Waals surface area contributed by atoms with Gasteiger partial charge in [-0.3, -0.25) is 0 Å². The highest BCUT2D eigenvalue weighted by Crippen LogP contribution is 2.21. The number of ether oxygens (including phenoxy) is 1. The van der Waals surface area contributed by atoms with E-state index in [1.807, 2.05) is 6.92 Å². The van der Waals surface area contributed by atoms with E-state index in [1.165, 1.54) is 12.3 Å². The molecule has 0 radical (unpaired) electrons. The number of aromatic nitrogens is 1. The van der Waals surface area contributed by atoms with E-state index in [1.54, 1.807) is 0 Å². The highest BCUT2D eigenvalue weighted by atomic mass is 16.6. The van der Waals surface area contributed by atoms with Crippen LogP contribution in [0.2, 0.25) is 0 Å². The Balaban J connectivity index is 2.59. The zero-order valence-electron chi connectivity index (χ0n) is 9.13. The first kappa shape index (κ1) is 12.5. The molecule has 1 aromatic heterocycles. The van der Waals surface area contributed by atoms with Crippen LogP contribution in [-0.2, 0) is 0 Å². The lowest BCUT2D eigenvalue weighted by Crippen LogP contribution is -2.23. The fourth-order valence-corrected chi connectivity index (χ4v) is 1.16. The first-order valence-electron chi connectivity index (χ1n) is 5.06. The van der Waals surface area contributed by atoms with Gasteiger partial charge in [0, 0.05) is 6.42 Å².